The summed E-state index contributed by atoms with van der Waals surface area (Å²) < 4.78 is 1.08. The highest BCUT2D eigenvalue weighted by atomic mass is 32.2. The van der Waals surface area contributed by atoms with Gasteiger partial charge in [-0.15, -0.1) is 24.0 Å². The van der Waals surface area contributed by atoms with Gasteiger partial charge >= 0.3 is 0 Å². The Bertz CT molecular complexity index is 403. The summed E-state index contributed by atoms with van der Waals surface area (Å²) in [6.07, 6.45) is 15.0. The predicted octanol–water partition coefficient (Wildman–Crippen LogP) is 5.53. The van der Waals surface area contributed by atoms with Gasteiger partial charge in [-0.2, -0.15) is 0 Å². The number of thiol groups is 1. The van der Waals surface area contributed by atoms with Crippen molar-refractivity contribution >= 4 is 24.0 Å². The molecule has 0 amide bonds. The van der Waals surface area contributed by atoms with E-state index in [0.29, 0.717) is 0 Å². The van der Waals surface area contributed by atoms with Crippen molar-refractivity contribution in [3.8, 4) is 0 Å². The highest BCUT2D eigenvalue weighted by molar-refractivity contribution is 7.82. The fourth-order valence-corrected chi connectivity index (χ4v) is 5.33. The molecule has 1 nitrogen and oxygen atoms in total. The molecule has 2 aliphatic carbocycles. The first-order chi connectivity index (χ1) is 10.3. The zero-order valence-electron chi connectivity index (χ0n) is 13.0. The maximum Gasteiger partial charge on any atom is 0.0567 e. The Morgan fingerprint density at radius 2 is 1.86 bits per heavy atom. The minimum atomic E-state index is 0.752. The molecule has 21 heavy (non-hydrogen) atoms. The molecule has 1 saturated heterocycles. The Morgan fingerprint density at radius 3 is 2.43 bits per heavy atom. The van der Waals surface area contributed by atoms with Gasteiger partial charge in [0.05, 0.1) is 4.21 Å². The summed E-state index contributed by atoms with van der Waals surface area (Å²) in [7, 11) is 0. The number of hydrogen-bond acceptors (Lipinski definition) is 3. The molecule has 0 aromatic carbocycles. The number of thiophene rings is 1. The first-order valence-corrected chi connectivity index (χ1v) is 10.1. The van der Waals surface area contributed by atoms with Crippen molar-refractivity contribution in [2.24, 2.45) is 11.3 Å². The molecule has 0 bridgehead atoms. The van der Waals surface area contributed by atoms with Crippen LogP contribution in [0.4, 0.5) is 0 Å². The quantitative estimate of drug-likeness (QED) is 0.648. The van der Waals surface area contributed by atoms with E-state index in [4.69, 9.17) is 0 Å². The average Bonchev–Trinajstić information content (AvgIpc) is 3.25. The summed E-state index contributed by atoms with van der Waals surface area (Å²) in [5, 5.41) is 5.86. The van der Waals surface area contributed by atoms with Gasteiger partial charge in [0.2, 0.25) is 0 Å². The normalized spacial score (nSPS) is 28.5. The van der Waals surface area contributed by atoms with Crippen LogP contribution in [-0.2, 0) is 0 Å². The highest BCUT2D eigenvalue weighted by Gasteiger charge is 2.43. The summed E-state index contributed by atoms with van der Waals surface area (Å²) in [4.78, 5) is 0. The van der Waals surface area contributed by atoms with E-state index in [-0.39, 0.29) is 0 Å². The second-order valence-electron chi connectivity index (χ2n) is 7.25. The van der Waals surface area contributed by atoms with Gasteiger partial charge in [0, 0.05) is 12.6 Å². The van der Waals surface area contributed by atoms with Crippen LogP contribution in [0.25, 0.3) is 0 Å². The molecule has 118 valence electrons. The van der Waals surface area contributed by atoms with Crippen molar-refractivity contribution in [1.82, 2.24) is 5.32 Å². The molecule has 1 atom stereocenters. The fraction of sp³-hybridized carbons (Fsp3) is 0.778. The van der Waals surface area contributed by atoms with E-state index in [1.807, 2.05) is 17.5 Å². The van der Waals surface area contributed by atoms with Gasteiger partial charge in [-0.3, -0.25) is 0 Å². The largest absolute Gasteiger partial charge is 0.313 e. The lowest BCUT2D eigenvalue weighted by atomic mass is 9.77. The topological polar surface area (TPSA) is 12.0 Å². The van der Waals surface area contributed by atoms with Crippen LogP contribution in [0.15, 0.2) is 21.7 Å². The summed E-state index contributed by atoms with van der Waals surface area (Å²) in [5.41, 5.74) is 0.752. The zero-order valence-corrected chi connectivity index (χ0v) is 14.7. The summed E-state index contributed by atoms with van der Waals surface area (Å²) in [6, 6.07) is 4.84. The second-order valence-corrected chi connectivity index (χ2v) is 8.98. The zero-order chi connectivity index (χ0) is 14.5. The molecule has 1 aromatic heterocycles. The molecule has 1 N–H and O–H groups in total. The van der Waals surface area contributed by atoms with E-state index in [9.17, 15) is 0 Å². The van der Waals surface area contributed by atoms with Gasteiger partial charge < -0.3 is 5.32 Å². The SMILES string of the molecule is C1CCC(C2CC3(CCCC3)CN2)CC1.Sc1cccs1. The molecule has 2 heterocycles. The average molecular weight is 324 g/mol. The van der Waals surface area contributed by atoms with Gasteiger partial charge in [0.15, 0.2) is 0 Å². The lowest BCUT2D eigenvalue weighted by Gasteiger charge is -2.28. The van der Waals surface area contributed by atoms with Crippen LogP contribution < -0.4 is 5.32 Å². The first kappa shape index (κ1) is 15.9. The van der Waals surface area contributed by atoms with Crippen molar-refractivity contribution in [3.63, 3.8) is 0 Å². The van der Waals surface area contributed by atoms with Crippen molar-refractivity contribution in [2.45, 2.75) is 74.5 Å². The number of nitrogens with one attached hydrogen (secondary N) is 1. The molecule has 3 heteroatoms. The third-order valence-electron chi connectivity index (χ3n) is 5.78. The van der Waals surface area contributed by atoms with E-state index in [1.165, 1.54) is 70.8 Å². The third kappa shape index (κ3) is 4.27. The smallest absolute Gasteiger partial charge is 0.0567 e. The van der Waals surface area contributed by atoms with Gasteiger partial charge in [-0.1, -0.05) is 38.2 Å². The molecule has 2 saturated carbocycles. The van der Waals surface area contributed by atoms with E-state index >= 15 is 0 Å². The standard InChI is InChI=1S/C14H25N.C4H4S2/c1-2-6-12(7-3-1)13-10-14(11-15-13)8-4-5-9-14;5-4-2-1-3-6-4/h12-13,15H,1-11H2;1-3,5H. The van der Waals surface area contributed by atoms with Crippen molar-refractivity contribution in [1.29, 1.82) is 0 Å². The minimum Gasteiger partial charge on any atom is -0.313 e. The molecular weight excluding hydrogens is 294 g/mol. The molecular formula is C18H29NS2. The van der Waals surface area contributed by atoms with E-state index in [2.05, 4.69) is 17.9 Å². The Labute approximate surface area is 139 Å². The van der Waals surface area contributed by atoms with Crippen LogP contribution in [0, 0.1) is 11.3 Å². The predicted molar refractivity (Wildman–Crippen MR) is 95.5 cm³/mol. The van der Waals surface area contributed by atoms with Crippen molar-refractivity contribution in [2.75, 3.05) is 6.54 Å². The summed E-state index contributed by atoms with van der Waals surface area (Å²) in [6.45, 7) is 1.34. The van der Waals surface area contributed by atoms with E-state index in [0.717, 1.165) is 21.6 Å². The van der Waals surface area contributed by atoms with Crippen LogP contribution in [0.5, 0.6) is 0 Å². The molecule has 3 fully saturated rings. The molecule has 4 rings (SSSR count). The van der Waals surface area contributed by atoms with Crippen LogP contribution in [-0.4, -0.2) is 12.6 Å². The van der Waals surface area contributed by atoms with E-state index in [1.54, 1.807) is 11.3 Å². The van der Waals surface area contributed by atoms with Gasteiger partial charge in [-0.05, 0) is 54.9 Å². The molecule has 3 aliphatic rings. The number of hydrogen-bond donors (Lipinski definition) is 2. The molecule has 1 aliphatic heterocycles. The van der Waals surface area contributed by atoms with E-state index < -0.39 is 0 Å². The maximum absolute atomic E-state index is 4.05. The highest BCUT2D eigenvalue weighted by Crippen LogP contribution is 2.46. The van der Waals surface area contributed by atoms with Crippen LogP contribution in [0.2, 0.25) is 0 Å². The molecule has 1 unspecified atom stereocenters. The molecule has 1 spiro atoms. The molecule has 0 radical (unpaired) electrons. The maximum atomic E-state index is 4.05. The Balaban J connectivity index is 0.000000186. The minimum absolute atomic E-state index is 0.752. The monoisotopic (exact) mass is 323 g/mol. The summed E-state index contributed by atoms with van der Waals surface area (Å²) >= 11 is 5.70. The van der Waals surface area contributed by atoms with Crippen molar-refractivity contribution < 1.29 is 0 Å². The third-order valence-corrected chi connectivity index (χ3v) is 6.92. The first-order valence-electron chi connectivity index (χ1n) is 8.73. The Hall–Kier alpha value is 0.01000. The van der Waals surface area contributed by atoms with Gasteiger partial charge in [0.1, 0.15) is 0 Å². The number of rotatable bonds is 1. The Kier molecular flexibility index (Phi) is 5.69. The van der Waals surface area contributed by atoms with Crippen LogP contribution >= 0.6 is 24.0 Å². The van der Waals surface area contributed by atoms with Gasteiger partial charge in [0.25, 0.3) is 0 Å². The fourth-order valence-electron chi connectivity index (χ4n) is 4.60. The van der Waals surface area contributed by atoms with Gasteiger partial charge in [-0.25, -0.2) is 0 Å². The Morgan fingerprint density at radius 1 is 1.10 bits per heavy atom. The lowest BCUT2D eigenvalue weighted by Crippen LogP contribution is -2.31. The lowest BCUT2D eigenvalue weighted by molar-refractivity contribution is 0.261. The summed E-state index contributed by atoms with van der Waals surface area (Å²) in [5.74, 6) is 1.03. The van der Waals surface area contributed by atoms with Crippen LogP contribution in [0.3, 0.4) is 0 Å². The van der Waals surface area contributed by atoms with Crippen LogP contribution in [0.1, 0.15) is 64.2 Å². The molecule has 1 aromatic rings. The van der Waals surface area contributed by atoms with Crippen molar-refractivity contribution in [3.05, 3.63) is 17.5 Å². The second kappa shape index (κ2) is 7.52.